The molecule has 1 atom stereocenters. The lowest BCUT2D eigenvalue weighted by Gasteiger charge is -2.42. The fourth-order valence-corrected chi connectivity index (χ4v) is 3.94. The predicted octanol–water partition coefficient (Wildman–Crippen LogP) is 4.42. The number of amides is 2. The molecule has 0 aromatic heterocycles. The van der Waals surface area contributed by atoms with Crippen LogP contribution in [-0.4, -0.2) is 42.8 Å². The summed E-state index contributed by atoms with van der Waals surface area (Å²) in [4.78, 5) is 26.3. The number of alkyl halides is 3. The molecule has 3 rings (SSSR count). The molecule has 10 heteroatoms. The molecule has 0 radical (unpaired) electrons. The summed E-state index contributed by atoms with van der Waals surface area (Å²) in [6.07, 6.45) is -3.52. The highest BCUT2D eigenvalue weighted by Gasteiger charge is 2.40. The number of halogens is 4. The zero-order chi connectivity index (χ0) is 23.4. The molecule has 32 heavy (non-hydrogen) atoms. The summed E-state index contributed by atoms with van der Waals surface area (Å²) in [6, 6.07) is 11.5. The van der Waals surface area contributed by atoms with Gasteiger partial charge < -0.3 is 20.1 Å². The molecule has 0 spiro atoms. The van der Waals surface area contributed by atoms with Gasteiger partial charge in [0.2, 0.25) is 5.91 Å². The molecule has 2 aromatic carbocycles. The summed E-state index contributed by atoms with van der Waals surface area (Å²) in [5, 5.41) is 0.560. The molecular formula is C22H22ClF3N2O4. The van der Waals surface area contributed by atoms with Crippen molar-refractivity contribution in [3.63, 3.8) is 0 Å². The van der Waals surface area contributed by atoms with E-state index >= 15 is 0 Å². The highest BCUT2D eigenvalue weighted by atomic mass is 35.5. The molecule has 6 nitrogen and oxygen atoms in total. The van der Waals surface area contributed by atoms with E-state index in [1.807, 2.05) is 0 Å². The number of piperidine rings is 1. The lowest BCUT2D eigenvalue weighted by molar-refractivity contribution is -0.274. The fraction of sp³-hybridized carbons (Fsp3) is 0.364. The van der Waals surface area contributed by atoms with Crippen LogP contribution in [0.3, 0.4) is 0 Å². The van der Waals surface area contributed by atoms with Gasteiger partial charge in [-0.1, -0.05) is 11.6 Å². The van der Waals surface area contributed by atoms with Gasteiger partial charge in [-0.15, -0.1) is 13.2 Å². The largest absolute Gasteiger partial charge is 0.573 e. The van der Waals surface area contributed by atoms with Gasteiger partial charge in [0.1, 0.15) is 11.5 Å². The zero-order valence-corrected chi connectivity index (χ0v) is 17.8. The third-order valence-corrected chi connectivity index (χ3v) is 5.44. The number of carbonyl (C=O) groups is 2. The van der Waals surface area contributed by atoms with E-state index in [-0.39, 0.29) is 31.0 Å². The van der Waals surface area contributed by atoms with Crippen LogP contribution in [0.2, 0.25) is 5.02 Å². The Morgan fingerprint density at radius 1 is 1.06 bits per heavy atom. The Kier molecular flexibility index (Phi) is 7.18. The summed E-state index contributed by atoms with van der Waals surface area (Å²) in [5.74, 6) is -0.703. The number of carbonyl (C=O) groups excluding carboxylic acids is 2. The van der Waals surface area contributed by atoms with Crippen LogP contribution in [0.5, 0.6) is 11.5 Å². The average Bonchev–Trinajstić information content (AvgIpc) is 2.72. The molecule has 1 aliphatic rings. The van der Waals surface area contributed by atoms with Crippen LogP contribution < -0.4 is 15.2 Å². The minimum atomic E-state index is -4.81. The number of nitrogens with two attached hydrogens (primary N) is 1. The van der Waals surface area contributed by atoms with Gasteiger partial charge in [-0.3, -0.25) is 9.59 Å². The fourth-order valence-electron chi connectivity index (χ4n) is 3.81. The van der Waals surface area contributed by atoms with E-state index in [0.29, 0.717) is 30.2 Å². The zero-order valence-electron chi connectivity index (χ0n) is 17.0. The second-order valence-electron chi connectivity index (χ2n) is 7.79. The number of hydrogen-bond acceptors (Lipinski definition) is 4. The molecule has 2 N–H and O–H groups in total. The lowest BCUT2D eigenvalue weighted by atomic mass is 9.77. The molecule has 1 saturated heterocycles. The summed E-state index contributed by atoms with van der Waals surface area (Å²) < 4.78 is 46.7. The second kappa shape index (κ2) is 9.68. The molecule has 1 fully saturated rings. The Balaban J connectivity index is 1.72. The van der Waals surface area contributed by atoms with Crippen LogP contribution >= 0.6 is 11.6 Å². The molecule has 1 aliphatic heterocycles. The Morgan fingerprint density at radius 2 is 1.69 bits per heavy atom. The van der Waals surface area contributed by atoms with Crippen LogP contribution in [0.4, 0.5) is 13.2 Å². The number of nitrogens with zero attached hydrogens (tertiary/aromatic N) is 1. The summed E-state index contributed by atoms with van der Waals surface area (Å²) in [6.45, 7) is 0.837. The van der Waals surface area contributed by atoms with Gasteiger partial charge in [-0.2, -0.15) is 0 Å². The van der Waals surface area contributed by atoms with Crippen LogP contribution in [0, 0.1) is 5.41 Å². The number of likely N-dealkylation sites (tertiary alicyclic amines) is 1. The molecule has 0 saturated carbocycles. The van der Waals surface area contributed by atoms with Gasteiger partial charge in [-0.05, 0) is 61.4 Å². The second-order valence-corrected chi connectivity index (χ2v) is 8.22. The maximum Gasteiger partial charge on any atom is 0.573 e. The Labute approximate surface area is 188 Å². The van der Waals surface area contributed by atoms with Crippen molar-refractivity contribution in [1.82, 2.24) is 4.90 Å². The van der Waals surface area contributed by atoms with Gasteiger partial charge in [0.25, 0.3) is 5.91 Å². The maximum atomic E-state index is 13.0. The molecule has 0 aliphatic carbocycles. The number of primary amides is 1. The monoisotopic (exact) mass is 470 g/mol. The molecular weight excluding hydrogens is 449 g/mol. The minimum Gasteiger partial charge on any atom is -0.493 e. The predicted molar refractivity (Wildman–Crippen MR) is 111 cm³/mol. The van der Waals surface area contributed by atoms with Crippen molar-refractivity contribution in [2.75, 3.05) is 19.7 Å². The average molecular weight is 471 g/mol. The molecule has 0 bridgehead atoms. The highest BCUT2D eigenvalue weighted by molar-refractivity contribution is 6.30. The standard InChI is InChI=1S/C22H22ClF3N2O4/c23-16-4-8-17(9-5-16)31-14-21(12-19(27)29)10-1-11-28(13-21)20(30)15-2-6-18(7-3-15)32-22(24,25)26/h2-9H,1,10-14H2,(H2,27,29). The normalized spacial score (nSPS) is 18.8. The van der Waals surface area contributed by atoms with Crippen molar-refractivity contribution >= 4 is 23.4 Å². The lowest BCUT2D eigenvalue weighted by Crippen LogP contribution is -2.50. The topological polar surface area (TPSA) is 81.9 Å². The van der Waals surface area contributed by atoms with Crippen molar-refractivity contribution in [3.8, 4) is 11.5 Å². The summed E-state index contributed by atoms with van der Waals surface area (Å²) in [5.41, 5.74) is 5.01. The van der Waals surface area contributed by atoms with Crippen LogP contribution in [0.15, 0.2) is 48.5 Å². The molecule has 2 amide bonds. The highest BCUT2D eigenvalue weighted by Crippen LogP contribution is 2.35. The smallest absolute Gasteiger partial charge is 0.493 e. The van der Waals surface area contributed by atoms with E-state index in [2.05, 4.69) is 4.74 Å². The molecule has 1 unspecified atom stereocenters. The Hall–Kier alpha value is -2.94. The van der Waals surface area contributed by atoms with E-state index in [4.69, 9.17) is 22.1 Å². The minimum absolute atomic E-state index is 0.0305. The Morgan fingerprint density at radius 3 is 2.28 bits per heavy atom. The van der Waals surface area contributed by atoms with Crippen molar-refractivity contribution < 1.29 is 32.2 Å². The van der Waals surface area contributed by atoms with Gasteiger partial charge >= 0.3 is 6.36 Å². The van der Waals surface area contributed by atoms with Crippen molar-refractivity contribution in [2.24, 2.45) is 11.1 Å². The third kappa shape index (κ3) is 6.53. The van der Waals surface area contributed by atoms with Crippen molar-refractivity contribution in [1.29, 1.82) is 0 Å². The van der Waals surface area contributed by atoms with Gasteiger partial charge in [0, 0.05) is 35.5 Å². The first-order valence-electron chi connectivity index (χ1n) is 9.87. The van der Waals surface area contributed by atoms with E-state index in [0.717, 1.165) is 12.1 Å². The number of benzene rings is 2. The first-order chi connectivity index (χ1) is 15.1. The molecule has 172 valence electrons. The molecule has 1 heterocycles. The van der Waals surface area contributed by atoms with Crippen molar-refractivity contribution in [3.05, 3.63) is 59.1 Å². The van der Waals surface area contributed by atoms with Crippen LogP contribution in [0.1, 0.15) is 29.6 Å². The van der Waals surface area contributed by atoms with Crippen LogP contribution in [0.25, 0.3) is 0 Å². The third-order valence-electron chi connectivity index (χ3n) is 5.19. The molecule has 2 aromatic rings. The van der Waals surface area contributed by atoms with Crippen LogP contribution in [-0.2, 0) is 4.79 Å². The first kappa shape index (κ1) is 23.7. The van der Waals surface area contributed by atoms with E-state index in [1.165, 1.54) is 12.1 Å². The quantitative estimate of drug-likeness (QED) is 0.649. The summed E-state index contributed by atoms with van der Waals surface area (Å²) >= 11 is 5.89. The number of ether oxygens (including phenoxy) is 2. The maximum absolute atomic E-state index is 13.0. The van der Waals surface area contributed by atoms with E-state index in [1.54, 1.807) is 29.2 Å². The SMILES string of the molecule is NC(=O)CC1(COc2ccc(Cl)cc2)CCCN(C(=O)c2ccc(OC(F)(F)F)cc2)C1. The van der Waals surface area contributed by atoms with E-state index in [9.17, 15) is 22.8 Å². The number of rotatable bonds is 7. The van der Waals surface area contributed by atoms with E-state index < -0.39 is 23.4 Å². The first-order valence-corrected chi connectivity index (χ1v) is 10.2. The Bertz CT molecular complexity index is 951. The van der Waals surface area contributed by atoms with Gasteiger partial charge in [0.05, 0.1) is 6.61 Å². The number of hydrogen-bond donors (Lipinski definition) is 1. The van der Waals surface area contributed by atoms with Gasteiger partial charge in [0.15, 0.2) is 0 Å². The summed E-state index contributed by atoms with van der Waals surface area (Å²) in [7, 11) is 0. The van der Waals surface area contributed by atoms with Crippen molar-refractivity contribution in [2.45, 2.75) is 25.6 Å². The van der Waals surface area contributed by atoms with Gasteiger partial charge in [-0.25, -0.2) is 0 Å².